The van der Waals surface area contributed by atoms with Gasteiger partial charge in [0.25, 0.3) is 0 Å². The van der Waals surface area contributed by atoms with Crippen molar-refractivity contribution in [1.82, 2.24) is 14.4 Å². The van der Waals surface area contributed by atoms with E-state index in [-0.39, 0.29) is 11.4 Å². The van der Waals surface area contributed by atoms with E-state index in [1.165, 1.54) is 13.3 Å². The fraction of sp³-hybridized carbons (Fsp3) is 0.333. The molecule has 0 radical (unpaired) electrons. The fourth-order valence-corrected chi connectivity index (χ4v) is 2.97. The van der Waals surface area contributed by atoms with Gasteiger partial charge in [-0.15, -0.1) is 0 Å². The van der Waals surface area contributed by atoms with Crippen LogP contribution in [0.5, 0.6) is 5.75 Å². The normalized spacial score (nSPS) is 12.0. The van der Waals surface area contributed by atoms with Crippen LogP contribution in [0.15, 0.2) is 36.8 Å². The van der Waals surface area contributed by atoms with Crippen molar-refractivity contribution >= 4 is 11.4 Å². The predicted molar refractivity (Wildman–Crippen MR) is 103 cm³/mol. The Morgan fingerprint density at radius 2 is 1.97 bits per heavy atom. The number of hydrogen-bond acceptors (Lipinski definition) is 5. The number of fused-ring (bicyclic) bond motifs is 1. The van der Waals surface area contributed by atoms with Crippen molar-refractivity contribution in [2.75, 3.05) is 7.11 Å². The van der Waals surface area contributed by atoms with E-state index in [0.717, 1.165) is 5.56 Å². The molecule has 0 aromatic carbocycles. The zero-order valence-electron chi connectivity index (χ0n) is 16.6. The molecule has 0 saturated carbocycles. The number of Topliss-reactive ketones (excluding diaryl/α,β-unsaturated/α-hetero) is 1. The van der Waals surface area contributed by atoms with Crippen molar-refractivity contribution in [3.8, 4) is 23.1 Å². The molecule has 0 N–H and O–H groups in total. The summed E-state index contributed by atoms with van der Waals surface area (Å²) < 4.78 is 44.2. The molecule has 0 aliphatic heterocycles. The smallest absolute Gasteiger partial charge is 0.389 e. The lowest BCUT2D eigenvalue weighted by Crippen LogP contribution is -2.14. The Kier molecular flexibility index (Phi) is 5.53. The summed E-state index contributed by atoms with van der Waals surface area (Å²) in [5.41, 5.74) is 1.87. The van der Waals surface area contributed by atoms with Crippen LogP contribution in [0.25, 0.3) is 16.9 Å². The van der Waals surface area contributed by atoms with E-state index >= 15 is 0 Å². The largest absolute Gasteiger partial charge is 0.494 e. The minimum Gasteiger partial charge on any atom is -0.494 e. The summed E-state index contributed by atoms with van der Waals surface area (Å²) in [7, 11) is 1.33. The number of carbonyl (C=O) groups excluding carboxylic acids is 1. The molecule has 0 bridgehead atoms. The van der Waals surface area contributed by atoms with E-state index in [2.05, 4.69) is 16.0 Å². The summed E-state index contributed by atoms with van der Waals surface area (Å²) in [6, 6.07) is 7.42. The molecule has 0 aliphatic carbocycles. The number of aromatic nitrogens is 3. The Hall–Kier alpha value is -3.41. The minimum atomic E-state index is -4.42. The second-order valence-electron chi connectivity index (χ2n) is 7.34. The van der Waals surface area contributed by atoms with Gasteiger partial charge >= 0.3 is 6.18 Å². The number of halogens is 3. The number of methoxy groups -OCH3 is 1. The monoisotopic (exact) mass is 416 g/mol. The second kappa shape index (κ2) is 7.78. The molecule has 0 aliphatic rings. The third kappa shape index (κ3) is 4.27. The van der Waals surface area contributed by atoms with Gasteiger partial charge in [0, 0.05) is 24.4 Å². The average molecular weight is 416 g/mol. The van der Waals surface area contributed by atoms with Crippen molar-refractivity contribution in [1.29, 1.82) is 5.26 Å². The first-order chi connectivity index (χ1) is 14.1. The summed E-state index contributed by atoms with van der Waals surface area (Å²) in [6.07, 6.45) is -1.54. The number of ketones is 1. The molecule has 0 saturated heterocycles. The highest BCUT2D eigenvalue weighted by Gasteiger charge is 2.29. The molecule has 0 fully saturated rings. The SMILES string of the molecule is COc1cc(-c2cnc3cc(C(C)(C)C#N)ccn23)cnc1C(=O)CCC(F)(F)F. The van der Waals surface area contributed by atoms with Crippen LogP contribution in [0.2, 0.25) is 0 Å². The lowest BCUT2D eigenvalue weighted by atomic mass is 9.87. The van der Waals surface area contributed by atoms with Crippen LogP contribution in [0.3, 0.4) is 0 Å². The summed E-state index contributed by atoms with van der Waals surface area (Å²) in [6.45, 7) is 3.62. The first kappa shape index (κ1) is 21.3. The zero-order valence-corrected chi connectivity index (χ0v) is 16.6. The van der Waals surface area contributed by atoms with Crippen molar-refractivity contribution in [2.45, 2.75) is 38.3 Å². The Morgan fingerprint density at radius 3 is 2.60 bits per heavy atom. The van der Waals surface area contributed by atoms with Crippen molar-refractivity contribution in [2.24, 2.45) is 0 Å². The van der Waals surface area contributed by atoms with Gasteiger partial charge in [-0.3, -0.25) is 9.20 Å². The summed E-state index contributed by atoms with van der Waals surface area (Å²) in [5.74, 6) is -0.644. The standard InChI is InChI=1S/C21H19F3N4O2/c1-20(2,12-25)14-5-7-28-15(11-26-18(28)9-14)13-8-17(30-3)19(27-10-13)16(29)4-6-21(22,23)24/h5,7-11H,4,6H2,1-3H3. The van der Waals surface area contributed by atoms with Crippen LogP contribution < -0.4 is 4.74 Å². The van der Waals surface area contributed by atoms with Crippen molar-refractivity contribution in [3.63, 3.8) is 0 Å². The number of pyridine rings is 2. The number of hydrogen-bond donors (Lipinski definition) is 0. The first-order valence-electron chi connectivity index (χ1n) is 9.09. The quantitative estimate of drug-likeness (QED) is 0.543. The molecule has 3 rings (SSSR count). The highest BCUT2D eigenvalue weighted by molar-refractivity contribution is 5.97. The van der Waals surface area contributed by atoms with Crippen LogP contribution in [0.4, 0.5) is 13.2 Å². The summed E-state index contributed by atoms with van der Waals surface area (Å²) in [4.78, 5) is 20.6. The zero-order chi connectivity index (χ0) is 22.1. The maximum atomic E-state index is 12.4. The van der Waals surface area contributed by atoms with E-state index in [1.54, 1.807) is 22.9 Å². The van der Waals surface area contributed by atoms with E-state index in [4.69, 9.17) is 4.74 Å². The van der Waals surface area contributed by atoms with Gasteiger partial charge in [-0.1, -0.05) is 0 Å². The highest BCUT2D eigenvalue weighted by Crippen LogP contribution is 2.30. The number of alkyl halides is 3. The first-order valence-corrected chi connectivity index (χ1v) is 9.09. The van der Waals surface area contributed by atoms with Gasteiger partial charge in [-0.2, -0.15) is 18.4 Å². The van der Waals surface area contributed by atoms with Gasteiger partial charge in [-0.25, -0.2) is 9.97 Å². The van der Waals surface area contributed by atoms with Crippen LogP contribution in [0.1, 0.15) is 42.7 Å². The maximum Gasteiger partial charge on any atom is 0.389 e. The van der Waals surface area contributed by atoms with Crippen LogP contribution in [-0.4, -0.2) is 33.4 Å². The predicted octanol–water partition coefficient (Wildman–Crippen LogP) is 4.73. The molecule has 9 heteroatoms. The minimum absolute atomic E-state index is 0.0943. The highest BCUT2D eigenvalue weighted by atomic mass is 19.4. The molecule has 0 atom stereocenters. The molecule has 156 valence electrons. The molecule has 0 unspecified atom stereocenters. The molecule has 30 heavy (non-hydrogen) atoms. The summed E-state index contributed by atoms with van der Waals surface area (Å²) in [5, 5.41) is 9.32. The lowest BCUT2D eigenvalue weighted by molar-refractivity contribution is -0.133. The number of carbonyl (C=O) groups is 1. The Morgan fingerprint density at radius 1 is 1.23 bits per heavy atom. The molecular weight excluding hydrogens is 397 g/mol. The van der Waals surface area contributed by atoms with Crippen LogP contribution in [-0.2, 0) is 5.41 Å². The number of rotatable bonds is 6. The molecule has 3 aromatic heterocycles. The van der Waals surface area contributed by atoms with Gasteiger partial charge in [0.05, 0.1) is 36.9 Å². The number of ether oxygens (including phenoxy) is 1. The van der Waals surface area contributed by atoms with E-state index < -0.39 is 30.2 Å². The van der Waals surface area contributed by atoms with E-state index in [9.17, 15) is 23.2 Å². The Bertz CT molecular complexity index is 1140. The molecule has 3 heterocycles. The van der Waals surface area contributed by atoms with Crippen molar-refractivity contribution < 1.29 is 22.7 Å². The molecular formula is C21H19F3N4O2. The third-order valence-corrected chi connectivity index (χ3v) is 4.78. The Balaban J connectivity index is 1.96. The second-order valence-corrected chi connectivity index (χ2v) is 7.34. The van der Waals surface area contributed by atoms with E-state index in [0.29, 0.717) is 16.9 Å². The van der Waals surface area contributed by atoms with Crippen LogP contribution in [0, 0.1) is 11.3 Å². The summed E-state index contributed by atoms with van der Waals surface area (Å²) >= 11 is 0. The number of nitrogens with zero attached hydrogens (tertiary/aromatic N) is 4. The van der Waals surface area contributed by atoms with E-state index in [1.807, 2.05) is 26.0 Å². The Labute approximate surface area is 170 Å². The third-order valence-electron chi connectivity index (χ3n) is 4.78. The van der Waals surface area contributed by atoms with Gasteiger partial charge in [0.2, 0.25) is 0 Å². The maximum absolute atomic E-state index is 12.4. The van der Waals surface area contributed by atoms with Gasteiger partial charge in [-0.05, 0) is 37.6 Å². The number of imidazole rings is 1. The molecule has 3 aromatic rings. The van der Waals surface area contributed by atoms with Crippen LogP contribution >= 0.6 is 0 Å². The van der Waals surface area contributed by atoms with Gasteiger partial charge in [0.1, 0.15) is 17.1 Å². The average Bonchev–Trinajstić information content (AvgIpc) is 3.14. The topological polar surface area (TPSA) is 80.3 Å². The lowest BCUT2D eigenvalue weighted by Gasteiger charge is -2.16. The molecule has 6 nitrogen and oxygen atoms in total. The van der Waals surface area contributed by atoms with Gasteiger partial charge < -0.3 is 4.74 Å². The number of nitriles is 1. The molecule has 0 amide bonds. The van der Waals surface area contributed by atoms with Crippen molar-refractivity contribution in [3.05, 3.63) is 48.0 Å². The fourth-order valence-electron chi connectivity index (χ4n) is 2.97. The van der Waals surface area contributed by atoms with Gasteiger partial charge in [0.15, 0.2) is 5.78 Å². The molecule has 0 spiro atoms.